The lowest BCUT2D eigenvalue weighted by Gasteiger charge is -2.23. The summed E-state index contributed by atoms with van der Waals surface area (Å²) in [4.78, 5) is 9.52. The van der Waals surface area contributed by atoms with Crippen molar-refractivity contribution in [2.75, 3.05) is 32.3 Å². The molecule has 0 spiro atoms. The average Bonchev–Trinajstić information content (AvgIpc) is 3.87. The third-order valence-corrected chi connectivity index (χ3v) is 14.1. The molecule has 0 amide bonds. The Morgan fingerprint density at radius 1 is 0.625 bits per heavy atom. The van der Waals surface area contributed by atoms with E-state index >= 15 is 0 Å². The maximum absolute atomic E-state index is 11.8. The molecule has 8 rings (SSSR count). The molecule has 4 aliphatic heterocycles. The lowest BCUT2D eigenvalue weighted by atomic mass is 9.82. The number of aliphatic hydroxyl groups excluding tert-OH is 1. The molecule has 0 fully saturated rings. The van der Waals surface area contributed by atoms with E-state index in [0.29, 0.717) is 35.4 Å². The third-order valence-electron chi connectivity index (χ3n) is 11.9. The monoisotopic (exact) mass is 926 g/mol. The van der Waals surface area contributed by atoms with E-state index in [0.717, 1.165) is 55.9 Å². The second-order valence-electron chi connectivity index (χ2n) is 18.5. The molecule has 0 aromatic heterocycles. The molecular weight excluding hydrogens is 874 g/mol. The molecule has 1 atom stereocenters. The number of alkyl halides is 3. The summed E-state index contributed by atoms with van der Waals surface area (Å²) in [6.07, 6.45) is -3.53. The summed E-state index contributed by atoms with van der Waals surface area (Å²) in [6.45, 7) is 18.1. The Morgan fingerprint density at radius 2 is 1.00 bits per heavy atom. The quantitative estimate of drug-likeness (QED) is 0.190. The molecule has 16 heteroatoms. The standard InChI is InChI=1S/C23H26O5S.C23H26O4S.C2HF3O2/c1-22(2)18-12-15(8-11-19(18)28-21(22)24)17-13-27-23(3,4)20(17)14-6-9-16(10-7-14)29(5,25)26;1-22(2)14-26-20-11-8-16(12-19(20)22)18-13-27-23(3,4)21(18)15-6-9-17(10-7-15)28(5,24)25;3-2(4,5)1(6)7/h6-12,21,24H,13H2,1-5H3;6-12H,13-14H2,1-5H3;(H,6,7). The van der Waals surface area contributed by atoms with Crippen LogP contribution in [0.1, 0.15) is 88.8 Å². The van der Waals surface area contributed by atoms with Gasteiger partial charge in [0.1, 0.15) is 11.5 Å². The molecule has 2 N–H and O–H groups in total. The van der Waals surface area contributed by atoms with Gasteiger partial charge in [-0.3, -0.25) is 0 Å². The first-order chi connectivity index (χ1) is 29.3. The van der Waals surface area contributed by atoms with Gasteiger partial charge in [-0.25, -0.2) is 21.6 Å². The van der Waals surface area contributed by atoms with E-state index in [-0.39, 0.29) is 5.41 Å². The average molecular weight is 927 g/mol. The van der Waals surface area contributed by atoms with Crippen LogP contribution in [0.3, 0.4) is 0 Å². The molecule has 4 aromatic rings. The summed E-state index contributed by atoms with van der Waals surface area (Å²) in [5, 5.41) is 17.4. The van der Waals surface area contributed by atoms with Crippen molar-refractivity contribution in [1.82, 2.24) is 0 Å². The zero-order valence-electron chi connectivity index (χ0n) is 37.3. The van der Waals surface area contributed by atoms with Crippen molar-refractivity contribution in [1.29, 1.82) is 0 Å². The number of hydrogen-bond donors (Lipinski definition) is 2. The molecule has 0 radical (unpaired) electrons. The summed E-state index contributed by atoms with van der Waals surface area (Å²) in [5.41, 5.74) is 9.11. The van der Waals surface area contributed by atoms with Gasteiger partial charge in [0.15, 0.2) is 19.7 Å². The summed E-state index contributed by atoms with van der Waals surface area (Å²) in [7, 11) is -6.47. The summed E-state index contributed by atoms with van der Waals surface area (Å²) >= 11 is 0. The second-order valence-corrected chi connectivity index (χ2v) is 22.5. The highest BCUT2D eigenvalue weighted by Crippen LogP contribution is 2.48. The molecule has 0 bridgehead atoms. The summed E-state index contributed by atoms with van der Waals surface area (Å²) < 4.78 is 103. The zero-order valence-corrected chi connectivity index (χ0v) is 38.9. The molecule has 4 heterocycles. The molecule has 0 saturated carbocycles. The van der Waals surface area contributed by atoms with Gasteiger partial charge in [0.25, 0.3) is 0 Å². The third kappa shape index (κ3) is 9.81. The van der Waals surface area contributed by atoms with Crippen molar-refractivity contribution in [2.24, 2.45) is 0 Å². The van der Waals surface area contributed by atoms with Gasteiger partial charge >= 0.3 is 12.1 Å². The number of halogens is 3. The number of aliphatic hydroxyl groups is 1. The maximum atomic E-state index is 11.8. The summed E-state index contributed by atoms with van der Waals surface area (Å²) in [6, 6.07) is 26.3. The van der Waals surface area contributed by atoms with Crippen LogP contribution in [-0.4, -0.2) is 89.0 Å². The van der Waals surface area contributed by atoms with E-state index in [9.17, 15) is 35.1 Å². The largest absolute Gasteiger partial charge is 0.492 e. The smallest absolute Gasteiger partial charge is 0.490 e. The highest BCUT2D eigenvalue weighted by molar-refractivity contribution is 7.91. The van der Waals surface area contributed by atoms with E-state index in [1.807, 2.05) is 70.2 Å². The number of aliphatic carboxylic acids is 1. The van der Waals surface area contributed by atoms with Crippen LogP contribution in [0.2, 0.25) is 0 Å². The number of benzene rings is 4. The first kappa shape index (κ1) is 48.5. The van der Waals surface area contributed by atoms with Crippen molar-refractivity contribution in [2.45, 2.75) is 99.7 Å². The molecular formula is C48H53F3O11S2. The molecule has 4 aliphatic rings. The SMILES string of the molecule is CC1(C)OCC(c2ccc3c(c2)C(C)(C)C(O)O3)=C1c1ccc(S(C)(=O)=O)cc1.CC1(C)OCC(c2ccc3c(c2)C(C)(C)CO3)=C1c1ccc(S(C)(=O)=O)cc1.O=C(O)C(F)(F)F. The van der Waals surface area contributed by atoms with E-state index in [2.05, 4.69) is 45.9 Å². The Labute approximate surface area is 372 Å². The van der Waals surface area contributed by atoms with E-state index in [4.69, 9.17) is 28.8 Å². The normalized spacial score (nSPS) is 20.2. The van der Waals surface area contributed by atoms with Crippen molar-refractivity contribution in [3.05, 3.63) is 118 Å². The minimum atomic E-state index is -5.08. The molecule has 4 aromatic carbocycles. The Hall–Kier alpha value is -5.00. The predicted octanol–water partition coefficient (Wildman–Crippen LogP) is 8.91. The fraction of sp³-hybridized carbons (Fsp3) is 0.396. The summed E-state index contributed by atoms with van der Waals surface area (Å²) in [5.74, 6) is -1.11. The first-order valence-electron chi connectivity index (χ1n) is 20.3. The Bertz CT molecular complexity index is 2770. The van der Waals surface area contributed by atoms with Crippen LogP contribution >= 0.6 is 0 Å². The minimum Gasteiger partial charge on any atom is -0.492 e. The van der Waals surface area contributed by atoms with Gasteiger partial charge in [0, 0.05) is 29.1 Å². The van der Waals surface area contributed by atoms with E-state index < -0.39 is 54.7 Å². The van der Waals surface area contributed by atoms with Crippen molar-refractivity contribution in [3.8, 4) is 11.5 Å². The molecule has 11 nitrogen and oxygen atoms in total. The fourth-order valence-corrected chi connectivity index (χ4v) is 9.45. The number of carboxylic acids is 1. The van der Waals surface area contributed by atoms with Crippen LogP contribution in [0.25, 0.3) is 22.3 Å². The number of carboxylic acid groups (broad SMARTS) is 1. The lowest BCUT2D eigenvalue weighted by Crippen LogP contribution is -2.31. The Morgan fingerprint density at radius 3 is 1.39 bits per heavy atom. The number of fused-ring (bicyclic) bond motifs is 2. The van der Waals surface area contributed by atoms with Gasteiger partial charge in [-0.2, -0.15) is 13.2 Å². The minimum absolute atomic E-state index is 0.0157. The van der Waals surface area contributed by atoms with Crippen molar-refractivity contribution < 1.29 is 64.0 Å². The van der Waals surface area contributed by atoms with Gasteiger partial charge in [-0.1, -0.05) is 50.2 Å². The fourth-order valence-electron chi connectivity index (χ4n) is 8.19. The van der Waals surface area contributed by atoms with E-state index in [1.54, 1.807) is 24.3 Å². The van der Waals surface area contributed by atoms with Crippen LogP contribution in [0, 0.1) is 0 Å². The number of rotatable bonds is 6. The van der Waals surface area contributed by atoms with Gasteiger partial charge in [-0.05, 0) is 135 Å². The van der Waals surface area contributed by atoms with Gasteiger partial charge < -0.3 is 29.2 Å². The van der Waals surface area contributed by atoms with Crippen LogP contribution < -0.4 is 9.47 Å². The van der Waals surface area contributed by atoms with Crippen LogP contribution in [0.4, 0.5) is 13.2 Å². The number of carbonyl (C=O) groups is 1. The van der Waals surface area contributed by atoms with Gasteiger partial charge in [0.05, 0.1) is 46.2 Å². The topological polar surface area (TPSA) is 163 Å². The van der Waals surface area contributed by atoms with Crippen LogP contribution in [0.15, 0.2) is 94.7 Å². The maximum Gasteiger partial charge on any atom is 0.490 e. The van der Waals surface area contributed by atoms with Crippen LogP contribution in [-0.2, 0) is 44.8 Å². The van der Waals surface area contributed by atoms with Crippen molar-refractivity contribution in [3.63, 3.8) is 0 Å². The Kier molecular flexibility index (Phi) is 12.7. The van der Waals surface area contributed by atoms with E-state index in [1.165, 1.54) is 18.1 Å². The second kappa shape index (κ2) is 16.8. The highest BCUT2D eigenvalue weighted by Gasteiger charge is 2.43. The number of ether oxygens (including phenoxy) is 4. The predicted molar refractivity (Wildman–Crippen MR) is 238 cm³/mol. The Balaban J connectivity index is 0.000000185. The van der Waals surface area contributed by atoms with Gasteiger partial charge in [0.2, 0.25) is 6.29 Å². The molecule has 0 saturated heterocycles. The molecule has 0 aliphatic carbocycles. The number of sulfone groups is 2. The first-order valence-corrected chi connectivity index (χ1v) is 24.1. The molecule has 1 unspecified atom stereocenters. The molecule has 344 valence electrons. The zero-order chi connectivity index (χ0) is 47.6. The molecule has 64 heavy (non-hydrogen) atoms. The number of hydrogen-bond acceptors (Lipinski definition) is 10. The van der Waals surface area contributed by atoms with Crippen molar-refractivity contribution >= 4 is 47.9 Å². The highest BCUT2D eigenvalue weighted by atomic mass is 32.2. The van der Waals surface area contributed by atoms with Gasteiger partial charge in [-0.15, -0.1) is 0 Å². The lowest BCUT2D eigenvalue weighted by molar-refractivity contribution is -0.192. The van der Waals surface area contributed by atoms with Crippen LogP contribution in [0.5, 0.6) is 11.5 Å².